The van der Waals surface area contributed by atoms with Crippen LogP contribution in [0.1, 0.15) is 6.42 Å². The standard InChI is InChI=1S/C11H19N5O3S.ClH/c1-15-7-10(13-8-15)20(18,19)14-6-11(17)16(2)9-3-4-12-5-9;/h7-9,12,14H,3-6H2,1-2H3;1H. The maximum atomic E-state index is 12.0. The molecule has 2 heterocycles. The Morgan fingerprint density at radius 1 is 1.62 bits per heavy atom. The highest BCUT2D eigenvalue weighted by Gasteiger charge is 2.25. The van der Waals surface area contributed by atoms with Gasteiger partial charge in [0.25, 0.3) is 10.0 Å². The molecule has 0 aromatic carbocycles. The van der Waals surface area contributed by atoms with Crippen LogP contribution in [-0.2, 0) is 21.9 Å². The van der Waals surface area contributed by atoms with Crippen LogP contribution < -0.4 is 10.0 Å². The van der Waals surface area contributed by atoms with Gasteiger partial charge in [0.15, 0.2) is 5.03 Å². The average Bonchev–Trinajstić information content (AvgIpc) is 3.06. The molecule has 1 aromatic heterocycles. The SMILES string of the molecule is CN(C(=O)CNS(=O)(=O)c1cn(C)cn1)C1CCNC1.Cl. The van der Waals surface area contributed by atoms with E-state index in [-0.39, 0.29) is 35.9 Å². The third kappa shape index (κ3) is 4.40. The van der Waals surface area contributed by atoms with Gasteiger partial charge in [0.2, 0.25) is 5.91 Å². The van der Waals surface area contributed by atoms with Crippen molar-refractivity contribution in [1.29, 1.82) is 0 Å². The molecule has 1 atom stereocenters. The molecule has 1 saturated heterocycles. The molecule has 0 spiro atoms. The molecule has 1 aliphatic heterocycles. The highest BCUT2D eigenvalue weighted by molar-refractivity contribution is 7.89. The fraction of sp³-hybridized carbons (Fsp3) is 0.636. The lowest BCUT2D eigenvalue weighted by molar-refractivity contribution is -0.130. The Balaban J connectivity index is 0.00000220. The monoisotopic (exact) mass is 337 g/mol. The summed E-state index contributed by atoms with van der Waals surface area (Å²) < 4.78 is 27.7. The number of aryl methyl sites for hydroxylation is 1. The van der Waals surface area contributed by atoms with Gasteiger partial charge >= 0.3 is 0 Å². The van der Waals surface area contributed by atoms with Crippen molar-refractivity contribution < 1.29 is 13.2 Å². The Hall–Kier alpha value is -1.16. The number of sulfonamides is 1. The summed E-state index contributed by atoms with van der Waals surface area (Å²) in [6, 6.07) is 0.127. The number of carbonyl (C=O) groups excluding carboxylic acids is 1. The number of amides is 1. The van der Waals surface area contributed by atoms with Gasteiger partial charge in [-0.25, -0.2) is 18.1 Å². The van der Waals surface area contributed by atoms with E-state index in [1.165, 1.54) is 17.1 Å². The molecule has 2 N–H and O–H groups in total. The van der Waals surface area contributed by atoms with Crippen LogP contribution in [0.25, 0.3) is 0 Å². The van der Waals surface area contributed by atoms with E-state index >= 15 is 0 Å². The molecule has 120 valence electrons. The van der Waals surface area contributed by atoms with Gasteiger partial charge in [-0.3, -0.25) is 4.79 Å². The zero-order chi connectivity index (χ0) is 14.8. The Morgan fingerprint density at radius 3 is 2.86 bits per heavy atom. The zero-order valence-corrected chi connectivity index (χ0v) is 13.6. The molecule has 1 fully saturated rings. The molecule has 21 heavy (non-hydrogen) atoms. The summed E-state index contributed by atoms with van der Waals surface area (Å²) in [7, 11) is -0.368. The molecule has 1 aromatic rings. The van der Waals surface area contributed by atoms with E-state index in [4.69, 9.17) is 0 Å². The fourth-order valence-corrected chi connectivity index (χ4v) is 3.01. The largest absolute Gasteiger partial charge is 0.340 e. The Kier molecular flexibility index (Phi) is 6.14. The van der Waals surface area contributed by atoms with Crippen molar-refractivity contribution in [3.8, 4) is 0 Å². The number of hydrogen-bond acceptors (Lipinski definition) is 5. The summed E-state index contributed by atoms with van der Waals surface area (Å²) in [6.45, 7) is 1.36. The van der Waals surface area contributed by atoms with Gasteiger partial charge in [-0.05, 0) is 13.0 Å². The normalized spacial score (nSPS) is 18.3. The fourth-order valence-electron chi connectivity index (χ4n) is 2.06. The Labute approximate surface area is 130 Å². The number of nitrogens with zero attached hydrogens (tertiary/aromatic N) is 3. The predicted octanol–water partition coefficient (Wildman–Crippen LogP) is -1.06. The third-order valence-electron chi connectivity index (χ3n) is 3.35. The first-order chi connectivity index (χ1) is 9.40. The Morgan fingerprint density at radius 2 is 2.33 bits per heavy atom. The minimum Gasteiger partial charge on any atom is -0.340 e. The molecule has 1 unspecified atom stereocenters. The number of hydrogen-bond donors (Lipinski definition) is 2. The molecule has 2 rings (SSSR count). The minimum atomic E-state index is -3.74. The van der Waals surface area contributed by atoms with Crippen molar-refractivity contribution in [2.75, 3.05) is 26.7 Å². The molecular weight excluding hydrogens is 318 g/mol. The number of carbonyl (C=O) groups is 1. The van der Waals surface area contributed by atoms with Crippen LogP contribution in [-0.4, -0.2) is 61.5 Å². The van der Waals surface area contributed by atoms with Crippen molar-refractivity contribution in [2.24, 2.45) is 7.05 Å². The van der Waals surface area contributed by atoms with Gasteiger partial charge in [-0.15, -0.1) is 12.4 Å². The van der Waals surface area contributed by atoms with Gasteiger partial charge in [0, 0.05) is 32.9 Å². The van der Waals surface area contributed by atoms with Crippen molar-refractivity contribution >= 4 is 28.3 Å². The molecule has 10 heteroatoms. The summed E-state index contributed by atoms with van der Waals surface area (Å²) in [5, 5.41) is 3.08. The first kappa shape index (κ1) is 17.9. The Bertz CT molecular complexity index is 582. The molecular formula is C11H20ClN5O3S. The summed E-state index contributed by atoms with van der Waals surface area (Å²) in [5.41, 5.74) is 0. The van der Waals surface area contributed by atoms with Crippen molar-refractivity contribution in [2.45, 2.75) is 17.5 Å². The van der Waals surface area contributed by atoms with E-state index in [1.807, 2.05) is 0 Å². The van der Waals surface area contributed by atoms with Gasteiger partial charge in [0.05, 0.1) is 12.9 Å². The number of likely N-dealkylation sites (N-methyl/N-ethyl adjacent to an activating group) is 1. The topological polar surface area (TPSA) is 96.3 Å². The molecule has 1 aliphatic rings. The van der Waals surface area contributed by atoms with Crippen molar-refractivity contribution in [3.05, 3.63) is 12.5 Å². The second-order valence-electron chi connectivity index (χ2n) is 4.85. The molecule has 0 radical (unpaired) electrons. The van der Waals surface area contributed by atoms with Gasteiger partial charge in [0.1, 0.15) is 0 Å². The molecule has 0 aliphatic carbocycles. The number of nitrogens with one attached hydrogen (secondary N) is 2. The molecule has 1 amide bonds. The van der Waals surface area contributed by atoms with Crippen molar-refractivity contribution in [3.63, 3.8) is 0 Å². The van der Waals surface area contributed by atoms with Gasteiger partial charge < -0.3 is 14.8 Å². The van der Waals surface area contributed by atoms with Crippen LogP contribution in [0.2, 0.25) is 0 Å². The van der Waals surface area contributed by atoms with Crippen LogP contribution in [0.5, 0.6) is 0 Å². The summed E-state index contributed by atoms with van der Waals surface area (Å²) in [4.78, 5) is 17.3. The van der Waals surface area contributed by atoms with E-state index in [9.17, 15) is 13.2 Å². The first-order valence-corrected chi connectivity index (χ1v) is 7.82. The average molecular weight is 338 g/mol. The maximum Gasteiger partial charge on any atom is 0.260 e. The minimum absolute atomic E-state index is 0. The third-order valence-corrected chi connectivity index (χ3v) is 4.63. The van der Waals surface area contributed by atoms with Gasteiger partial charge in [-0.1, -0.05) is 0 Å². The lowest BCUT2D eigenvalue weighted by atomic mass is 10.2. The second-order valence-corrected chi connectivity index (χ2v) is 6.57. The smallest absolute Gasteiger partial charge is 0.260 e. The highest BCUT2D eigenvalue weighted by Crippen LogP contribution is 2.07. The number of halogens is 1. The van der Waals surface area contributed by atoms with Crippen LogP contribution in [0.4, 0.5) is 0 Å². The van der Waals surface area contributed by atoms with Gasteiger partial charge in [-0.2, -0.15) is 0 Å². The summed E-state index contributed by atoms with van der Waals surface area (Å²) in [5.74, 6) is -0.252. The molecule has 8 nitrogen and oxygen atoms in total. The lowest BCUT2D eigenvalue weighted by Crippen LogP contribution is -2.44. The predicted molar refractivity (Wildman–Crippen MR) is 79.7 cm³/mol. The second kappa shape index (κ2) is 7.21. The number of aromatic nitrogens is 2. The van der Waals surface area contributed by atoms with E-state index in [0.717, 1.165) is 19.5 Å². The zero-order valence-electron chi connectivity index (χ0n) is 11.9. The summed E-state index contributed by atoms with van der Waals surface area (Å²) in [6.07, 6.45) is 3.67. The van der Waals surface area contributed by atoms with E-state index in [1.54, 1.807) is 19.0 Å². The van der Waals surface area contributed by atoms with E-state index in [2.05, 4.69) is 15.0 Å². The number of imidazole rings is 1. The molecule has 0 saturated carbocycles. The highest BCUT2D eigenvalue weighted by atomic mass is 35.5. The van der Waals surface area contributed by atoms with E-state index in [0.29, 0.717) is 0 Å². The van der Waals surface area contributed by atoms with Crippen LogP contribution in [0.3, 0.4) is 0 Å². The molecule has 0 bridgehead atoms. The van der Waals surface area contributed by atoms with Crippen LogP contribution >= 0.6 is 12.4 Å². The number of rotatable bonds is 5. The summed E-state index contributed by atoms with van der Waals surface area (Å²) >= 11 is 0. The maximum absolute atomic E-state index is 12.0. The van der Waals surface area contributed by atoms with E-state index < -0.39 is 10.0 Å². The van der Waals surface area contributed by atoms with Crippen LogP contribution in [0.15, 0.2) is 17.6 Å². The first-order valence-electron chi connectivity index (χ1n) is 6.34. The van der Waals surface area contributed by atoms with Crippen molar-refractivity contribution in [1.82, 2.24) is 24.5 Å². The lowest BCUT2D eigenvalue weighted by Gasteiger charge is -2.23. The quantitative estimate of drug-likeness (QED) is 0.714. The van der Waals surface area contributed by atoms with Crippen LogP contribution in [0, 0.1) is 0 Å².